The molecule has 0 saturated carbocycles. The number of benzene rings is 1. The molecule has 0 aromatic heterocycles. The summed E-state index contributed by atoms with van der Waals surface area (Å²) in [6.07, 6.45) is 3.87. The van der Waals surface area contributed by atoms with Crippen molar-refractivity contribution in [3.05, 3.63) is 47.5 Å². The molecule has 0 N–H and O–H groups in total. The fourth-order valence-corrected chi connectivity index (χ4v) is 4.05. The van der Waals surface area contributed by atoms with Crippen LogP contribution in [0, 0.1) is 17.8 Å². The Morgan fingerprint density at radius 2 is 1.95 bits per heavy atom. The lowest BCUT2D eigenvalue weighted by Crippen LogP contribution is -2.36. The summed E-state index contributed by atoms with van der Waals surface area (Å²) in [5.74, 6) is 2.18. The third kappa shape index (κ3) is 3.22. The van der Waals surface area contributed by atoms with Gasteiger partial charge in [0, 0.05) is 13.1 Å². The molecule has 0 unspecified atom stereocenters. The first-order valence-electron chi connectivity index (χ1n) is 8.23. The van der Waals surface area contributed by atoms with E-state index >= 15 is 0 Å². The monoisotopic (exact) mass is 285 g/mol. The number of rotatable bonds is 3. The number of ether oxygens (including phenoxy) is 1. The smallest absolute Gasteiger partial charge is 0.136 e. The van der Waals surface area contributed by atoms with Crippen LogP contribution in [0.25, 0.3) is 0 Å². The van der Waals surface area contributed by atoms with Crippen LogP contribution in [0.2, 0.25) is 0 Å². The van der Waals surface area contributed by atoms with Crippen molar-refractivity contribution in [2.45, 2.75) is 33.4 Å². The van der Waals surface area contributed by atoms with Crippen LogP contribution in [0.15, 0.2) is 42.0 Å². The van der Waals surface area contributed by atoms with Crippen LogP contribution in [-0.2, 0) is 4.74 Å². The second-order valence-corrected chi connectivity index (χ2v) is 6.85. The first-order valence-corrected chi connectivity index (χ1v) is 8.23. The molecule has 1 fully saturated rings. The predicted octanol–water partition coefficient (Wildman–Crippen LogP) is 4.26. The summed E-state index contributed by atoms with van der Waals surface area (Å²) < 4.78 is 6.00. The van der Waals surface area contributed by atoms with Gasteiger partial charge in [-0.1, -0.05) is 55.8 Å². The zero-order chi connectivity index (χ0) is 14.8. The Morgan fingerprint density at radius 3 is 2.67 bits per heavy atom. The molecule has 0 bridgehead atoms. The largest absolute Gasteiger partial charge is 0.358 e. The maximum absolute atomic E-state index is 6.00. The molecule has 1 saturated heterocycles. The first-order chi connectivity index (χ1) is 10.1. The molecule has 1 heterocycles. The van der Waals surface area contributed by atoms with Crippen molar-refractivity contribution in [3.8, 4) is 0 Å². The van der Waals surface area contributed by atoms with E-state index in [1.54, 1.807) is 5.57 Å². The zero-order valence-corrected chi connectivity index (χ0v) is 13.5. The van der Waals surface area contributed by atoms with Crippen LogP contribution in [0.1, 0.15) is 39.0 Å². The molecule has 1 aliphatic heterocycles. The van der Waals surface area contributed by atoms with E-state index in [4.69, 9.17) is 4.74 Å². The summed E-state index contributed by atoms with van der Waals surface area (Å²) in [5, 5.41) is 0. The molecule has 1 aromatic rings. The Balaban J connectivity index is 1.72. The second-order valence-electron chi connectivity index (χ2n) is 6.85. The molecular weight excluding hydrogens is 258 g/mol. The van der Waals surface area contributed by atoms with Gasteiger partial charge in [-0.15, -0.1) is 0 Å². The van der Waals surface area contributed by atoms with Crippen molar-refractivity contribution in [1.29, 1.82) is 0 Å². The minimum Gasteiger partial charge on any atom is -0.358 e. The summed E-state index contributed by atoms with van der Waals surface area (Å²) in [5.41, 5.74) is 2.85. The van der Waals surface area contributed by atoms with Gasteiger partial charge in [0.2, 0.25) is 0 Å². The molecule has 114 valence electrons. The molecule has 2 aliphatic rings. The van der Waals surface area contributed by atoms with Gasteiger partial charge in [-0.3, -0.25) is 4.90 Å². The van der Waals surface area contributed by atoms with Crippen molar-refractivity contribution in [3.63, 3.8) is 0 Å². The van der Waals surface area contributed by atoms with Crippen LogP contribution in [0.3, 0.4) is 0 Å². The lowest BCUT2D eigenvalue weighted by atomic mass is 9.74. The molecule has 4 atom stereocenters. The van der Waals surface area contributed by atoms with Crippen molar-refractivity contribution in [2.75, 3.05) is 19.7 Å². The Hall–Kier alpha value is -1.12. The van der Waals surface area contributed by atoms with E-state index in [1.165, 1.54) is 12.0 Å². The number of hydrogen-bond acceptors (Lipinski definition) is 2. The van der Waals surface area contributed by atoms with E-state index in [0.717, 1.165) is 31.5 Å². The van der Waals surface area contributed by atoms with Gasteiger partial charge in [0.1, 0.15) is 6.23 Å². The lowest BCUT2D eigenvalue weighted by molar-refractivity contribution is 0.0163. The highest BCUT2D eigenvalue weighted by atomic mass is 16.5. The second kappa shape index (κ2) is 6.33. The van der Waals surface area contributed by atoms with Crippen molar-refractivity contribution in [1.82, 2.24) is 4.90 Å². The normalized spacial score (nSPS) is 34.0. The van der Waals surface area contributed by atoms with Crippen LogP contribution in [-0.4, -0.2) is 24.6 Å². The molecule has 0 spiro atoms. The van der Waals surface area contributed by atoms with Crippen LogP contribution < -0.4 is 0 Å². The Labute approximate surface area is 128 Å². The Bertz CT molecular complexity index is 496. The van der Waals surface area contributed by atoms with Crippen LogP contribution >= 0.6 is 0 Å². The van der Waals surface area contributed by atoms with Gasteiger partial charge in [0.15, 0.2) is 0 Å². The standard InChI is InChI=1S/C19H27NO/c1-14-11-15(2)18(16(3)12-14)13-20-9-10-21-19(20)17-7-5-4-6-8-17/h4-8,11,15-16,18-19H,9-10,12-13H2,1-3H3/t15-,16+,18+,19-/m1/s1. The summed E-state index contributed by atoms with van der Waals surface area (Å²) >= 11 is 0. The summed E-state index contributed by atoms with van der Waals surface area (Å²) in [4.78, 5) is 2.53. The highest BCUT2D eigenvalue weighted by Crippen LogP contribution is 2.36. The molecule has 2 nitrogen and oxygen atoms in total. The third-order valence-corrected chi connectivity index (χ3v) is 5.11. The van der Waals surface area contributed by atoms with Crippen molar-refractivity contribution < 1.29 is 4.74 Å². The summed E-state index contributed by atoms with van der Waals surface area (Å²) in [6, 6.07) is 10.6. The molecule has 1 aromatic carbocycles. The third-order valence-electron chi connectivity index (χ3n) is 5.11. The summed E-state index contributed by atoms with van der Waals surface area (Å²) in [7, 11) is 0. The number of nitrogens with zero attached hydrogens (tertiary/aromatic N) is 1. The van der Waals surface area contributed by atoms with Gasteiger partial charge in [0.25, 0.3) is 0 Å². The Morgan fingerprint density at radius 1 is 1.19 bits per heavy atom. The van der Waals surface area contributed by atoms with Gasteiger partial charge >= 0.3 is 0 Å². The molecule has 3 rings (SSSR count). The predicted molar refractivity (Wildman–Crippen MR) is 86.9 cm³/mol. The quantitative estimate of drug-likeness (QED) is 0.770. The zero-order valence-electron chi connectivity index (χ0n) is 13.5. The van der Waals surface area contributed by atoms with Gasteiger partial charge in [0.05, 0.1) is 6.61 Å². The highest BCUT2D eigenvalue weighted by molar-refractivity contribution is 5.18. The van der Waals surface area contributed by atoms with Crippen molar-refractivity contribution >= 4 is 0 Å². The minimum absolute atomic E-state index is 0.151. The molecule has 21 heavy (non-hydrogen) atoms. The number of allylic oxidation sites excluding steroid dienone is 2. The van der Waals surface area contributed by atoms with Gasteiger partial charge in [-0.05, 0) is 36.7 Å². The molecule has 0 amide bonds. The maximum atomic E-state index is 6.00. The summed E-state index contributed by atoms with van der Waals surface area (Å²) in [6.45, 7) is 10.1. The van der Waals surface area contributed by atoms with Crippen LogP contribution in [0.4, 0.5) is 0 Å². The fraction of sp³-hybridized carbons (Fsp3) is 0.579. The molecular formula is C19H27NO. The van der Waals surface area contributed by atoms with E-state index in [-0.39, 0.29) is 6.23 Å². The molecule has 1 aliphatic carbocycles. The van der Waals surface area contributed by atoms with E-state index in [2.05, 4.69) is 62.1 Å². The highest BCUT2D eigenvalue weighted by Gasteiger charge is 2.33. The Kier molecular flexibility index (Phi) is 4.46. The van der Waals surface area contributed by atoms with Gasteiger partial charge < -0.3 is 4.74 Å². The van der Waals surface area contributed by atoms with E-state index in [9.17, 15) is 0 Å². The lowest BCUT2D eigenvalue weighted by Gasteiger charge is -2.37. The van der Waals surface area contributed by atoms with Crippen LogP contribution in [0.5, 0.6) is 0 Å². The first kappa shape index (κ1) is 14.8. The van der Waals surface area contributed by atoms with Crippen molar-refractivity contribution in [2.24, 2.45) is 17.8 Å². The average Bonchev–Trinajstić information content (AvgIpc) is 2.92. The van der Waals surface area contributed by atoms with E-state index in [0.29, 0.717) is 5.92 Å². The van der Waals surface area contributed by atoms with Gasteiger partial charge in [-0.25, -0.2) is 0 Å². The van der Waals surface area contributed by atoms with E-state index < -0.39 is 0 Å². The number of hydrogen-bond donors (Lipinski definition) is 0. The maximum Gasteiger partial charge on any atom is 0.136 e. The fourth-order valence-electron chi connectivity index (χ4n) is 4.05. The topological polar surface area (TPSA) is 12.5 Å². The minimum atomic E-state index is 0.151. The SMILES string of the molecule is CC1=C[C@@H](C)[C@H](CN2CCO[C@@H]2c2ccccc2)[C@@H](C)C1. The average molecular weight is 285 g/mol. The molecule has 2 heteroatoms. The molecule has 0 radical (unpaired) electrons. The van der Waals surface area contributed by atoms with Gasteiger partial charge in [-0.2, -0.15) is 0 Å². The van der Waals surface area contributed by atoms with E-state index in [1.807, 2.05) is 0 Å².